The Morgan fingerprint density at radius 2 is 1.88 bits per heavy atom. The van der Waals surface area contributed by atoms with Gasteiger partial charge in [-0.25, -0.2) is 4.68 Å². The zero-order valence-corrected chi connectivity index (χ0v) is 18.3. The van der Waals surface area contributed by atoms with Crippen molar-refractivity contribution >= 4 is 27.9 Å². The molecule has 33 heavy (non-hydrogen) atoms. The topological polar surface area (TPSA) is 142 Å². The molecule has 0 fully saturated rings. The number of aliphatic carboxylic acids is 1. The lowest BCUT2D eigenvalue weighted by Crippen LogP contribution is -2.34. The molecule has 0 radical (unpaired) electrons. The average Bonchev–Trinajstić information content (AvgIpc) is 3.26. The van der Waals surface area contributed by atoms with Crippen LogP contribution in [0.1, 0.15) is 17.7 Å². The van der Waals surface area contributed by atoms with E-state index >= 15 is 0 Å². The highest BCUT2D eigenvalue weighted by Crippen LogP contribution is 2.37. The first-order chi connectivity index (χ1) is 15.6. The molecule has 1 aliphatic heterocycles. The minimum absolute atomic E-state index is 0.0718. The summed E-state index contributed by atoms with van der Waals surface area (Å²) < 4.78 is 38.8. The number of anilines is 1. The van der Waals surface area contributed by atoms with Crippen LogP contribution in [0, 0.1) is 6.92 Å². The predicted octanol–water partition coefficient (Wildman–Crippen LogP) is 2.43. The van der Waals surface area contributed by atoms with Crippen LogP contribution in [0.2, 0.25) is 0 Å². The van der Waals surface area contributed by atoms with Gasteiger partial charge in [0.1, 0.15) is 5.75 Å². The molecule has 1 aliphatic rings. The van der Waals surface area contributed by atoms with Gasteiger partial charge in [0.15, 0.2) is 6.23 Å². The number of nitrogens with zero attached hydrogens (tertiary/aromatic N) is 2. The van der Waals surface area contributed by atoms with Crippen molar-refractivity contribution < 1.29 is 27.6 Å². The van der Waals surface area contributed by atoms with E-state index in [-0.39, 0.29) is 23.4 Å². The maximum Gasteiger partial charge on any atom is 0.305 e. The molecule has 3 N–H and O–H groups in total. The molecule has 3 aromatic rings. The van der Waals surface area contributed by atoms with Crippen LogP contribution >= 0.6 is 0 Å². The summed E-state index contributed by atoms with van der Waals surface area (Å²) in [6.45, 7) is 1.95. The molecule has 0 saturated carbocycles. The van der Waals surface area contributed by atoms with Crippen molar-refractivity contribution in [3.63, 3.8) is 0 Å². The molecule has 0 spiro atoms. The van der Waals surface area contributed by atoms with Crippen LogP contribution in [0.5, 0.6) is 5.75 Å². The summed E-state index contributed by atoms with van der Waals surface area (Å²) in [5.74, 6) is -0.300. The first-order valence-corrected chi connectivity index (χ1v) is 11.4. The lowest BCUT2D eigenvalue weighted by Gasteiger charge is -2.22. The Labute approximate surface area is 189 Å². The number of aryl methyl sites for hydroxylation is 1. The van der Waals surface area contributed by atoms with Crippen LogP contribution in [0.3, 0.4) is 0 Å². The number of H-pyrrole nitrogens is 1. The van der Waals surface area contributed by atoms with E-state index in [2.05, 4.69) is 5.10 Å². The number of hydrogen-bond acceptors (Lipinski definition) is 6. The summed E-state index contributed by atoms with van der Waals surface area (Å²) in [6.07, 6.45) is 2.64. The lowest BCUT2D eigenvalue weighted by molar-refractivity contribution is -0.136. The third-order valence-corrected chi connectivity index (χ3v) is 6.10. The van der Waals surface area contributed by atoms with Gasteiger partial charge in [-0.15, -0.1) is 0 Å². The number of benzene rings is 2. The summed E-state index contributed by atoms with van der Waals surface area (Å²) in [5, 5.41) is 12.0. The van der Waals surface area contributed by atoms with Crippen molar-refractivity contribution in [2.75, 3.05) is 11.4 Å². The Hall–Kier alpha value is -3.83. The number of aromatic amines is 1. The highest BCUT2D eigenvalue weighted by atomic mass is 32.2. The molecule has 4 rings (SSSR count). The minimum Gasteiger partial charge on any atom is -0.481 e. The van der Waals surface area contributed by atoms with E-state index < -0.39 is 22.3 Å². The fourth-order valence-electron chi connectivity index (χ4n) is 3.62. The van der Waals surface area contributed by atoms with Crippen LogP contribution in [0.15, 0.2) is 64.3 Å². The lowest BCUT2D eigenvalue weighted by atomic mass is 10.2. The number of rotatable bonds is 7. The third kappa shape index (κ3) is 4.54. The molecule has 172 valence electrons. The van der Waals surface area contributed by atoms with Crippen LogP contribution < -0.4 is 15.2 Å². The van der Waals surface area contributed by atoms with E-state index in [1.165, 1.54) is 28.9 Å². The van der Waals surface area contributed by atoms with Gasteiger partial charge in [0.05, 0.1) is 28.3 Å². The summed E-state index contributed by atoms with van der Waals surface area (Å²) >= 11 is 0. The monoisotopic (exact) mass is 471 g/mol. The summed E-state index contributed by atoms with van der Waals surface area (Å²) in [5.41, 5.74) is 1.74. The smallest absolute Gasteiger partial charge is 0.305 e. The number of aromatic nitrogens is 2. The van der Waals surface area contributed by atoms with Gasteiger partial charge in [-0.3, -0.25) is 19.2 Å². The Balaban J connectivity index is 1.62. The second kappa shape index (κ2) is 8.60. The van der Waals surface area contributed by atoms with Crippen molar-refractivity contribution in [2.45, 2.75) is 24.5 Å². The average molecular weight is 471 g/mol. The van der Waals surface area contributed by atoms with E-state index in [0.717, 1.165) is 5.69 Å². The number of fused-ring (bicyclic) bond motifs is 1. The van der Waals surface area contributed by atoms with Gasteiger partial charge < -0.3 is 14.7 Å². The largest absolute Gasteiger partial charge is 0.481 e. The Kier molecular flexibility index (Phi) is 5.83. The second-order valence-electron chi connectivity index (χ2n) is 7.43. The molecule has 0 saturated heterocycles. The number of para-hydroxylation sites is 2. The highest BCUT2D eigenvalue weighted by molar-refractivity contribution is 7.85. The molecule has 1 aromatic heterocycles. The van der Waals surface area contributed by atoms with Gasteiger partial charge >= 0.3 is 5.97 Å². The van der Waals surface area contributed by atoms with Crippen LogP contribution in [0.4, 0.5) is 5.69 Å². The first-order valence-electron chi connectivity index (χ1n) is 9.97. The first kappa shape index (κ1) is 22.4. The van der Waals surface area contributed by atoms with Crippen LogP contribution in [-0.2, 0) is 14.9 Å². The summed E-state index contributed by atoms with van der Waals surface area (Å²) in [6, 6.07) is 12.5. The molecular formula is C22H21N3O7S. The van der Waals surface area contributed by atoms with Crippen molar-refractivity contribution in [1.29, 1.82) is 0 Å². The minimum atomic E-state index is -4.34. The number of hydrogen-bond donors (Lipinski definition) is 3. The molecule has 1 unspecified atom stereocenters. The van der Waals surface area contributed by atoms with E-state index in [9.17, 15) is 18.0 Å². The van der Waals surface area contributed by atoms with Gasteiger partial charge in [-0.2, -0.15) is 8.42 Å². The van der Waals surface area contributed by atoms with E-state index in [1.54, 1.807) is 25.1 Å². The zero-order valence-electron chi connectivity index (χ0n) is 17.5. The third-order valence-electron chi connectivity index (χ3n) is 5.23. The summed E-state index contributed by atoms with van der Waals surface area (Å²) in [4.78, 5) is 25.6. The van der Waals surface area contributed by atoms with Crippen molar-refractivity contribution in [3.8, 4) is 11.4 Å². The van der Waals surface area contributed by atoms with Gasteiger partial charge in [-0.05, 0) is 55.5 Å². The normalized spacial score (nSPS) is 15.6. The molecule has 1 atom stereocenters. The van der Waals surface area contributed by atoms with Crippen LogP contribution in [-0.4, -0.2) is 46.6 Å². The Bertz CT molecular complexity index is 1390. The molecular weight excluding hydrogens is 450 g/mol. The van der Waals surface area contributed by atoms with Crippen molar-refractivity contribution in [1.82, 2.24) is 9.78 Å². The van der Waals surface area contributed by atoms with Gasteiger partial charge in [0.25, 0.3) is 15.7 Å². The predicted molar refractivity (Wildman–Crippen MR) is 120 cm³/mol. The van der Waals surface area contributed by atoms with Crippen molar-refractivity contribution in [3.05, 3.63) is 76.2 Å². The van der Waals surface area contributed by atoms with E-state index in [1.807, 2.05) is 23.1 Å². The SMILES string of the molecule is Cc1[nH]n(-c2ccc(S(=O)(=O)O)cc2)c(=O)c1/C=C/C1Oc2ccccc2N1CCC(=O)O. The standard InChI is InChI=1S/C22H21N3O7S/c1-14-17(22(28)25(23-14)15-6-8-16(9-7-15)33(29,30)31)10-11-20-24(13-12-21(26)27)18-4-2-3-5-19(18)32-20/h2-11,20,23H,12-13H2,1H3,(H,26,27)(H,29,30,31)/b11-10+. The molecule has 0 amide bonds. The molecule has 11 heteroatoms. The Morgan fingerprint density at radius 3 is 2.55 bits per heavy atom. The number of ether oxygens (including phenoxy) is 1. The number of carboxylic acid groups (broad SMARTS) is 1. The van der Waals surface area contributed by atoms with Gasteiger partial charge in [-0.1, -0.05) is 12.1 Å². The molecule has 10 nitrogen and oxygen atoms in total. The van der Waals surface area contributed by atoms with E-state index in [4.69, 9.17) is 14.4 Å². The zero-order chi connectivity index (χ0) is 23.8. The number of carbonyl (C=O) groups is 1. The molecule has 2 aromatic carbocycles. The number of nitrogens with one attached hydrogen (secondary N) is 1. The van der Waals surface area contributed by atoms with Crippen molar-refractivity contribution in [2.24, 2.45) is 0 Å². The van der Waals surface area contributed by atoms with Gasteiger partial charge in [0.2, 0.25) is 0 Å². The molecule has 2 heterocycles. The summed E-state index contributed by atoms with van der Waals surface area (Å²) in [7, 11) is -4.34. The van der Waals surface area contributed by atoms with Crippen LogP contribution in [0.25, 0.3) is 11.8 Å². The highest BCUT2D eigenvalue weighted by Gasteiger charge is 2.29. The maximum absolute atomic E-state index is 13.0. The maximum atomic E-state index is 13.0. The molecule has 0 bridgehead atoms. The molecule has 0 aliphatic carbocycles. The fourth-order valence-corrected chi connectivity index (χ4v) is 4.10. The van der Waals surface area contributed by atoms with Gasteiger partial charge in [0, 0.05) is 12.2 Å². The van der Waals surface area contributed by atoms with E-state index in [0.29, 0.717) is 22.7 Å². The Morgan fingerprint density at radius 1 is 1.18 bits per heavy atom. The fraction of sp³-hybridized carbons (Fsp3) is 0.182. The second-order valence-corrected chi connectivity index (χ2v) is 8.85. The number of carboxylic acids is 1. The quantitative estimate of drug-likeness (QED) is 0.446.